The molecule has 0 bridgehead atoms. The number of anilines is 1. The molecule has 1 saturated heterocycles. The molecule has 1 fully saturated rings. The number of benzene rings is 1. The Bertz CT molecular complexity index is 1170. The van der Waals surface area contributed by atoms with Gasteiger partial charge in [0.2, 0.25) is 0 Å². The van der Waals surface area contributed by atoms with E-state index in [0.717, 1.165) is 5.52 Å². The highest BCUT2D eigenvalue weighted by Gasteiger charge is 2.20. The first-order valence-corrected chi connectivity index (χ1v) is 9.28. The first-order valence-electron chi connectivity index (χ1n) is 9.28. The Labute approximate surface area is 165 Å². The number of ether oxygens (including phenoxy) is 1. The van der Waals surface area contributed by atoms with E-state index >= 15 is 0 Å². The van der Waals surface area contributed by atoms with Gasteiger partial charge in [0.05, 0.1) is 30.4 Å². The molecule has 0 amide bonds. The van der Waals surface area contributed by atoms with Crippen LogP contribution in [0.2, 0.25) is 0 Å². The van der Waals surface area contributed by atoms with Gasteiger partial charge < -0.3 is 9.64 Å². The maximum Gasteiger partial charge on any atom is 0.166 e. The lowest BCUT2D eigenvalue weighted by Crippen LogP contribution is -2.37. The lowest BCUT2D eigenvalue weighted by atomic mass is 10.2. The van der Waals surface area contributed by atoms with Crippen molar-refractivity contribution >= 4 is 16.9 Å². The lowest BCUT2D eigenvalue weighted by Gasteiger charge is -2.28. The number of hydrogen-bond donors (Lipinski definition) is 0. The minimum atomic E-state index is -0.416. The van der Waals surface area contributed by atoms with Gasteiger partial charge in [-0.1, -0.05) is 0 Å². The third-order valence-electron chi connectivity index (χ3n) is 4.93. The lowest BCUT2D eigenvalue weighted by molar-refractivity contribution is 0.122. The van der Waals surface area contributed by atoms with Crippen molar-refractivity contribution in [2.75, 3.05) is 31.2 Å². The van der Waals surface area contributed by atoms with Crippen molar-refractivity contribution in [1.29, 1.82) is 0 Å². The van der Waals surface area contributed by atoms with Gasteiger partial charge in [-0.25, -0.2) is 18.7 Å². The van der Waals surface area contributed by atoms with Crippen molar-refractivity contribution in [2.24, 2.45) is 0 Å². The third-order valence-corrected chi connectivity index (χ3v) is 4.93. The van der Waals surface area contributed by atoms with E-state index in [1.807, 2.05) is 9.47 Å². The summed E-state index contributed by atoms with van der Waals surface area (Å²) < 4.78 is 35.5. The Kier molecular flexibility index (Phi) is 4.40. The van der Waals surface area contributed by atoms with Crippen LogP contribution in [0, 0.1) is 11.6 Å². The predicted molar refractivity (Wildman–Crippen MR) is 105 cm³/mol. The molecule has 0 aliphatic carbocycles. The van der Waals surface area contributed by atoms with Gasteiger partial charge in [0.1, 0.15) is 11.6 Å². The number of fused-ring (bicyclic) bond motifs is 1. The van der Waals surface area contributed by atoms with Crippen LogP contribution in [-0.4, -0.2) is 45.8 Å². The fourth-order valence-corrected chi connectivity index (χ4v) is 3.53. The second-order valence-electron chi connectivity index (χ2n) is 6.74. The van der Waals surface area contributed by atoms with E-state index in [2.05, 4.69) is 15.0 Å². The zero-order valence-electron chi connectivity index (χ0n) is 15.4. The number of morpholine rings is 1. The summed E-state index contributed by atoms with van der Waals surface area (Å²) in [5.74, 6) is 0.0725. The SMILES string of the molecule is Fc1ccc(-n2c(-c3cnc(N4CCOCC4)c(F)c3)nc3ccncc32)cc1. The molecule has 146 valence electrons. The van der Waals surface area contributed by atoms with Crippen molar-refractivity contribution in [3.05, 3.63) is 66.6 Å². The molecule has 1 aliphatic heterocycles. The van der Waals surface area contributed by atoms with Crippen LogP contribution in [0.1, 0.15) is 0 Å². The van der Waals surface area contributed by atoms with Crippen molar-refractivity contribution in [1.82, 2.24) is 19.5 Å². The number of nitrogens with zero attached hydrogens (tertiary/aromatic N) is 5. The van der Waals surface area contributed by atoms with Crippen LogP contribution in [0.5, 0.6) is 0 Å². The van der Waals surface area contributed by atoms with Crippen LogP contribution in [0.4, 0.5) is 14.6 Å². The molecule has 4 heterocycles. The molecule has 29 heavy (non-hydrogen) atoms. The van der Waals surface area contributed by atoms with Crippen molar-refractivity contribution in [3.8, 4) is 17.1 Å². The molecule has 6 nitrogen and oxygen atoms in total. The molecule has 5 rings (SSSR count). The van der Waals surface area contributed by atoms with Gasteiger partial charge in [0.25, 0.3) is 0 Å². The molecule has 0 saturated carbocycles. The minimum absolute atomic E-state index is 0.308. The largest absolute Gasteiger partial charge is 0.378 e. The quantitative estimate of drug-likeness (QED) is 0.532. The summed E-state index contributed by atoms with van der Waals surface area (Å²) in [6.45, 7) is 2.30. The minimum Gasteiger partial charge on any atom is -0.378 e. The Balaban J connectivity index is 1.64. The molecule has 3 aromatic heterocycles. The van der Waals surface area contributed by atoms with E-state index in [4.69, 9.17) is 4.74 Å². The Morgan fingerprint density at radius 2 is 1.76 bits per heavy atom. The average molecular weight is 393 g/mol. The molecule has 1 aliphatic rings. The summed E-state index contributed by atoms with van der Waals surface area (Å²) in [6, 6.07) is 9.28. The molecule has 4 aromatic rings. The van der Waals surface area contributed by atoms with Crippen LogP contribution in [0.15, 0.2) is 55.0 Å². The summed E-state index contributed by atoms with van der Waals surface area (Å²) in [6.07, 6.45) is 4.94. The van der Waals surface area contributed by atoms with Gasteiger partial charge in [-0.15, -0.1) is 0 Å². The summed E-state index contributed by atoms with van der Waals surface area (Å²) in [4.78, 5) is 15.1. The van der Waals surface area contributed by atoms with Gasteiger partial charge in [0, 0.05) is 36.7 Å². The second kappa shape index (κ2) is 7.21. The summed E-state index contributed by atoms with van der Waals surface area (Å²) >= 11 is 0. The molecule has 0 unspecified atom stereocenters. The van der Waals surface area contributed by atoms with Crippen molar-refractivity contribution in [2.45, 2.75) is 0 Å². The van der Waals surface area contributed by atoms with E-state index in [-0.39, 0.29) is 5.82 Å². The second-order valence-corrected chi connectivity index (χ2v) is 6.74. The normalized spacial score (nSPS) is 14.5. The Morgan fingerprint density at radius 3 is 2.52 bits per heavy atom. The molecule has 8 heteroatoms. The highest BCUT2D eigenvalue weighted by atomic mass is 19.1. The first-order chi connectivity index (χ1) is 14.2. The monoisotopic (exact) mass is 393 g/mol. The number of rotatable bonds is 3. The standard InChI is InChI=1S/C21H17F2N5O/c22-15-1-3-16(4-2-15)28-19-13-24-6-5-18(19)26-20(28)14-11-17(23)21(25-12-14)27-7-9-29-10-8-27/h1-6,11-13H,7-10H2. The number of aromatic nitrogens is 4. The Morgan fingerprint density at radius 1 is 0.966 bits per heavy atom. The number of halogens is 2. The zero-order chi connectivity index (χ0) is 19.8. The third kappa shape index (κ3) is 3.21. The predicted octanol–water partition coefficient (Wildman–Crippen LogP) is 3.60. The maximum absolute atomic E-state index is 14.9. The number of imidazole rings is 1. The first kappa shape index (κ1) is 17.7. The van der Waals surface area contributed by atoms with E-state index < -0.39 is 5.82 Å². The number of pyridine rings is 2. The molecule has 0 spiro atoms. The van der Waals surface area contributed by atoms with E-state index in [9.17, 15) is 8.78 Å². The molecule has 0 radical (unpaired) electrons. The molecular formula is C21H17F2N5O. The molecule has 1 aromatic carbocycles. The zero-order valence-corrected chi connectivity index (χ0v) is 15.4. The Hall–Kier alpha value is -3.39. The van der Waals surface area contributed by atoms with Crippen LogP contribution >= 0.6 is 0 Å². The average Bonchev–Trinajstić information content (AvgIpc) is 3.14. The fourth-order valence-electron chi connectivity index (χ4n) is 3.53. The molecule has 0 N–H and O–H groups in total. The fraction of sp³-hybridized carbons (Fsp3) is 0.190. The maximum atomic E-state index is 14.9. The van der Waals surface area contributed by atoms with Gasteiger partial charge in [0.15, 0.2) is 11.6 Å². The van der Waals surface area contributed by atoms with Crippen LogP contribution < -0.4 is 4.90 Å². The number of hydrogen-bond acceptors (Lipinski definition) is 5. The molecule has 0 atom stereocenters. The van der Waals surface area contributed by atoms with Gasteiger partial charge in [-0.3, -0.25) is 9.55 Å². The van der Waals surface area contributed by atoms with Gasteiger partial charge >= 0.3 is 0 Å². The van der Waals surface area contributed by atoms with Crippen LogP contribution in [0.25, 0.3) is 28.1 Å². The van der Waals surface area contributed by atoms with E-state index in [0.29, 0.717) is 54.7 Å². The summed E-state index contributed by atoms with van der Waals surface area (Å²) in [5, 5.41) is 0. The van der Waals surface area contributed by atoms with Crippen molar-refractivity contribution in [3.63, 3.8) is 0 Å². The van der Waals surface area contributed by atoms with E-state index in [1.165, 1.54) is 18.2 Å². The van der Waals surface area contributed by atoms with Crippen molar-refractivity contribution < 1.29 is 13.5 Å². The van der Waals surface area contributed by atoms with Crippen LogP contribution in [0.3, 0.4) is 0 Å². The summed E-state index contributed by atoms with van der Waals surface area (Å²) in [7, 11) is 0. The van der Waals surface area contributed by atoms with Gasteiger partial charge in [-0.2, -0.15) is 0 Å². The topological polar surface area (TPSA) is 56.1 Å². The van der Waals surface area contributed by atoms with Crippen LogP contribution in [-0.2, 0) is 4.74 Å². The highest BCUT2D eigenvalue weighted by Crippen LogP contribution is 2.30. The smallest absolute Gasteiger partial charge is 0.166 e. The molecular weight excluding hydrogens is 376 g/mol. The highest BCUT2D eigenvalue weighted by molar-refractivity contribution is 5.82. The summed E-state index contributed by atoms with van der Waals surface area (Å²) in [5.41, 5.74) is 2.68. The van der Waals surface area contributed by atoms with E-state index in [1.54, 1.807) is 36.8 Å². The van der Waals surface area contributed by atoms with Gasteiger partial charge in [-0.05, 0) is 36.4 Å².